The van der Waals surface area contributed by atoms with Crippen molar-refractivity contribution in [3.05, 3.63) is 0 Å². The van der Waals surface area contributed by atoms with E-state index in [2.05, 4.69) is 0 Å². The van der Waals surface area contributed by atoms with Gasteiger partial charge < -0.3 is 4.74 Å². The Hall–Kier alpha value is -0.670. The van der Waals surface area contributed by atoms with E-state index in [1.165, 1.54) is 0 Å². The van der Waals surface area contributed by atoms with Gasteiger partial charge in [0.2, 0.25) is 20.0 Å². The summed E-state index contributed by atoms with van der Waals surface area (Å²) in [5.74, 6) is -0.375. The number of fused-ring (bicyclic) bond motifs is 1. The molecule has 3 unspecified atom stereocenters. The Morgan fingerprint density at radius 2 is 1.71 bits per heavy atom. The number of sulfonamides is 2. The Bertz CT molecular complexity index is 637. The lowest BCUT2D eigenvalue weighted by Crippen LogP contribution is -2.41. The van der Waals surface area contributed by atoms with Gasteiger partial charge in [0.1, 0.15) is 6.10 Å². The summed E-state index contributed by atoms with van der Waals surface area (Å²) in [5.41, 5.74) is -0.629. The molecule has 0 bridgehead atoms. The van der Waals surface area contributed by atoms with E-state index < -0.39 is 42.1 Å². The minimum Gasteiger partial charge on any atom is -0.462 e. The predicted octanol–water partition coefficient (Wildman–Crippen LogP) is 0.518. The van der Waals surface area contributed by atoms with Crippen LogP contribution < -0.4 is 4.13 Å². The summed E-state index contributed by atoms with van der Waals surface area (Å²) in [6.07, 6.45) is 0.644. The van der Waals surface area contributed by atoms with Gasteiger partial charge in [-0.2, -0.15) is 0 Å². The topological polar surface area (TPSA) is 107 Å². The van der Waals surface area contributed by atoms with Crippen LogP contribution in [0.5, 0.6) is 0 Å². The smallest absolute Gasteiger partial charge is 0.311 e. The highest BCUT2D eigenvalue weighted by atomic mass is 32.3. The zero-order valence-electron chi connectivity index (χ0n) is 12.3. The summed E-state index contributed by atoms with van der Waals surface area (Å²) in [5, 5.41) is -1.96. The molecule has 1 saturated carbocycles. The molecule has 122 valence electrons. The van der Waals surface area contributed by atoms with Gasteiger partial charge in [-0.15, -0.1) is 4.13 Å². The molecule has 0 spiro atoms. The fraction of sp³-hybridized carbons (Fsp3) is 0.917. The quantitative estimate of drug-likeness (QED) is 0.751. The first-order valence-electron chi connectivity index (χ1n) is 6.97. The highest BCUT2D eigenvalue weighted by Crippen LogP contribution is 2.36. The molecule has 2 aliphatic rings. The van der Waals surface area contributed by atoms with Crippen molar-refractivity contribution >= 4 is 26.0 Å². The van der Waals surface area contributed by atoms with Crippen LogP contribution in [-0.2, 0) is 29.6 Å². The van der Waals surface area contributed by atoms with Gasteiger partial charge in [0.05, 0.1) is 15.9 Å². The van der Waals surface area contributed by atoms with Gasteiger partial charge in [-0.25, -0.2) is 16.8 Å². The summed E-state index contributed by atoms with van der Waals surface area (Å²) < 4.78 is 54.3. The third kappa shape index (κ3) is 3.09. The van der Waals surface area contributed by atoms with Crippen LogP contribution in [-0.4, -0.2) is 39.4 Å². The lowest BCUT2D eigenvalue weighted by molar-refractivity contribution is -0.161. The van der Waals surface area contributed by atoms with Gasteiger partial charge in [-0.3, -0.25) is 4.79 Å². The highest BCUT2D eigenvalue weighted by molar-refractivity contribution is 8.08. The second kappa shape index (κ2) is 5.20. The lowest BCUT2D eigenvalue weighted by atomic mass is 9.90. The number of carbonyl (C=O) groups is 1. The molecule has 0 amide bonds. The molecule has 1 aliphatic carbocycles. The fourth-order valence-corrected chi connectivity index (χ4v) is 7.72. The van der Waals surface area contributed by atoms with Crippen molar-refractivity contribution in [2.75, 3.05) is 0 Å². The summed E-state index contributed by atoms with van der Waals surface area (Å²) in [6.45, 7) is 5.40. The summed E-state index contributed by atoms with van der Waals surface area (Å²) >= 11 is 0. The number of nitrogens with one attached hydrogen (secondary N) is 1. The first-order valence-corrected chi connectivity index (χ1v) is 10.1. The first kappa shape index (κ1) is 16.7. The molecule has 2 rings (SSSR count). The summed E-state index contributed by atoms with van der Waals surface area (Å²) in [7, 11) is -7.71. The van der Waals surface area contributed by atoms with Crippen molar-refractivity contribution in [1.29, 1.82) is 0 Å². The van der Waals surface area contributed by atoms with Crippen LogP contribution in [0.15, 0.2) is 0 Å². The molecule has 0 aromatic carbocycles. The number of rotatable bonds is 3. The Morgan fingerprint density at radius 1 is 1.14 bits per heavy atom. The van der Waals surface area contributed by atoms with Crippen LogP contribution >= 0.6 is 0 Å². The van der Waals surface area contributed by atoms with Gasteiger partial charge >= 0.3 is 5.97 Å². The molecule has 0 aromatic heterocycles. The minimum absolute atomic E-state index is 0.0325. The van der Waals surface area contributed by atoms with E-state index >= 15 is 0 Å². The van der Waals surface area contributed by atoms with Crippen molar-refractivity contribution in [3.8, 4) is 0 Å². The summed E-state index contributed by atoms with van der Waals surface area (Å²) in [4.78, 5) is 12.0. The largest absolute Gasteiger partial charge is 0.462 e. The van der Waals surface area contributed by atoms with E-state index in [-0.39, 0.29) is 18.8 Å². The molecular weight excluding hydrogens is 318 g/mol. The van der Waals surface area contributed by atoms with Crippen LogP contribution in [0.4, 0.5) is 0 Å². The van der Waals surface area contributed by atoms with Gasteiger partial charge in [-0.1, -0.05) is 6.92 Å². The van der Waals surface area contributed by atoms with Crippen LogP contribution in [0.2, 0.25) is 0 Å². The zero-order valence-corrected chi connectivity index (χ0v) is 14.0. The third-order valence-electron chi connectivity index (χ3n) is 4.42. The lowest BCUT2D eigenvalue weighted by Gasteiger charge is -2.31. The number of carbonyl (C=O) groups excluding carboxylic acids is 1. The van der Waals surface area contributed by atoms with Crippen molar-refractivity contribution in [3.63, 3.8) is 0 Å². The zero-order chi connectivity index (χ0) is 16.1. The SMILES string of the molecule is CCC(C)(C)C(=O)OC1CCC2C(C1)S(=O)(=O)NS2(=O)=O. The average molecular weight is 339 g/mol. The van der Waals surface area contributed by atoms with Crippen molar-refractivity contribution in [2.45, 2.75) is 63.1 Å². The molecule has 21 heavy (non-hydrogen) atoms. The second-order valence-electron chi connectivity index (χ2n) is 6.33. The van der Waals surface area contributed by atoms with Crippen LogP contribution in [0.1, 0.15) is 46.5 Å². The van der Waals surface area contributed by atoms with E-state index in [1.807, 2.05) is 6.92 Å². The minimum atomic E-state index is -3.89. The highest BCUT2D eigenvalue weighted by Gasteiger charge is 2.54. The van der Waals surface area contributed by atoms with E-state index in [9.17, 15) is 21.6 Å². The van der Waals surface area contributed by atoms with E-state index in [0.29, 0.717) is 12.8 Å². The number of hydrogen-bond donors (Lipinski definition) is 1. The molecule has 7 nitrogen and oxygen atoms in total. The van der Waals surface area contributed by atoms with Crippen molar-refractivity contribution in [1.82, 2.24) is 4.13 Å². The van der Waals surface area contributed by atoms with Gasteiger partial charge in [-0.05, 0) is 33.1 Å². The van der Waals surface area contributed by atoms with E-state index in [1.54, 1.807) is 18.0 Å². The van der Waals surface area contributed by atoms with Gasteiger partial charge in [0, 0.05) is 6.42 Å². The number of hydrogen-bond acceptors (Lipinski definition) is 6. The maximum absolute atomic E-state index is 12.0. The molecule has 1 saturated heterocycles. The Morgan fingerprint density at radius 3 is 2.29 bits per heavy atom. The maximum atomic E-state index is 12.0. The monoisotopic (exact) mass is 339 g/mol. The molecule has 1 aliphatic heterocycles. The Balaban J connectivity index is 2.12. The molecule has 1 N–H and O–H groups in total. The average Bonchev–Trinajstić information content (AvgIpc) is 2.55. The Kier molecular flexibility index (Phi) is 4.14. The van der Waals surface area contributed by atoms with E-state index in [0.717, 1.165) is 0 Å². The molecule has 0 radical (unpaired) electrons. The molecular formula is C12H21NO6S2. The van der Waals surface area contributed by atoms with Gasteiger partial charge in [0.25, 0.3) is 0 Å². The number of esters is 1. The molecule has 2 fully saturated rings. The number of ether oxygens (including phenoxy) is 1. The Labute approximate surface area is 125 Å². The molecule has 3 atom stereocenters. The van der Waals surface area contributed by atoms with Crippen LogP contribution in [0.25, 0.3) is 0 Å². The summed E-state index contributed by atoms with van der Waals surface area (Å²) in [6, 6.07) is 0. The molecule has 9 heteroatoms. The van der Waals surface area contributed by atoms with Gasteiger partial charge in [0.15, 0.2) is 0 Å². The second-order valence-corrected chi connectivity index (χ2v) is 10.4. The van der Waals surface area contributed by atoms with E-state index in [4.69, 9.17) is 4.74 Å². The molecule has 1 heterocycles. The van der Waals surface area contributed by atoms with Crippen LogP contribution in [0.3, 0.4) is 0 Å². The van der Waals surface area contributed by atoms with Crippen LogP contribution in [0, 0.1) is 5.41 Å². The third-order valence-corrected chi connectivity index (χ3v) is 9.13. The fourth-order valence-electron chi connectivity index (χ4n) is 2.59. The molecule has 0 aromatic rings. The normalized spacial score (nSPS) is 34.1. The standard InChI is InChI=1S/C12H21NO6S2/c1-4-12(2,3)11(14)19-8-5-6-9-10(7-8)21(17,18)13-20(9,15)16/h8-10,13H,4-7H2,1-3H3. The maximum Gasteiger partial charge on any atom is 0.311 e. The van der Waals surface area contributed by atoms with Crippen molar-refractivity contribution in [2.24, 2.45) is 5.41 Å². The van der Waals surface area contributed by atoms with Crippen molar-refractivity contribution < 1.29 is 26.4 Å². The predicted molar refractivity (Wildman–Crippen MR) is 76.4 cm³/mol. The first-order chi connectivity index (χ1) is 9.49.